The van der Waals surface area contributed by atoms with E-state index in [4.69, 9.17) is 9.47 Å². The lowest BCUT2D eigenvalue weighted by molar-refractivity contribution is -0.271. The Morgan fingerprint density at radius 2 is 1.48 bits per heavy atom. The molecule has 3 aromatic carbocycles. The molecular formula is C30H29F2NO9. The minimum atomic E-state index is -1.85. The molecule has 2 heterocycles. The fourth-order valence-electron chi connectivity index (χ4n) is 5.32. The first-order chi connectivity index (χ1) is 20.0. The molecule has 1 unspecified atom stereocenters. The van der Waals surface area contributed by atoms with Gasteiger partial charge in [0.15, 0.2) is 6.10 Å². The van der Waals surface area contributed by atoms with E-state index in [1.54, 1.807) is 12.1 Å². The normalized spacial score (nSPS) is 28.2. The van der Waals surface area contributed by atoms with E-state index in [-0.39, 0.29) is 18.1 Å². The molecule has 222 valence electrons. The predicted molar refractivity (Wildman–Crippen MR) is 142 cm³/mol. The highest BCUT2D eigenvalue weighted by Gasteiger charge is 2.49. The average Bonchev–Trinajstić information content (AvgIpc) is 2.97. The van der Waals surface area contributed by atoms with Crippen LogP contribution in [0.5, 0.6) is 5.75 Å². The van der Waals surface area contributed by atoms with Gasteiger partial charge in [-0.2, -0.15) is 0 Å². The first-order valence-corrected chi connectivity index (χ1v) is 13.3. The van der Waals surface area contributed by atoms with Gasteiger partial charge < -0.3 is 39.9 Å². The van der Waals surface area contributed by atoms with Crippen molar-refractivity contribution >= 4 is 17.6 Å². The molecule has 5 N–H and O–H groups in total. The van der Waals surface area contributed by atoms with Gasteiger partial charge in [0.2, 0.25) is 12.2 Å². The fraction of sp³-hybridized carbons (Fsp3) is 0.333. The number of carboxylic acids is 1. The van der Waals surface area contributed by atoms with Crippen molar-refractivity contribution < 1.29 is 53.4 Å². The number of aliphatic carboxylic acids is 1. The van der Waals surface area contributed by atoms with Crippen molar-refractivity contribution in [3.8, 4) is 5.75 Å². The van der Waals surface area contributed by atoms with Crippen molar-refractivity contribution in [1.29, 1.82) is 0 Å². The molecule has 8 atom stereocenters. The van der Waals surface area contributed by atoms with Crippen LogP contribution in [-0.4, -0.2) is 68.1 Å². The zero-order chi connectivity index (χ0) is 30.1. The average molecular weight is 586 g/mol. The fourth-order valence-corrected chi connectivity index (χ4v) is 5.32. The third-order valence-electron chi connectivity index (χ3n) is 7.61. The number of anilines is 1. The van der Waals surface area contributed by atoms with Crippen LogP contribution in [0.25, 0.3) is 0 Å². The second kappa shape index (κ2) is 12.1. The van der Waals surface area contributed by atoms with E-state index in [1.165, 1.54) is 65.6 Å². The maximum absolute atomic E-state index is 13.6. The Morgan fingerprint density at radius 1 is 0.881 bits per heavy atom. The molecule has 0 bridgehead atoms. The predicted octanol–water partition coefficient (Wildman–Crippen LogP) is 2.45. The number of carbonyl (C=O) groups is 2. The molecular weight excluding hydrogens is 556 g/mol. The summed E-state index contributed by atoms with van der Waals surface area (Å²) in [6.07, 6.45) is -9.19. The molecule has 3 aromatic rings. The van der Waals surface area contributed by atoms with E-state index < -0.39 is 66.4 Å². The summed E-state index contributed by atoms with van der Waals surface area (Å²) in [5.41, 5.74) is 1.68. The number of rotatable bonds is 9. The molecule has 0 saturated carbocycles. The number of hydrogen-bond acceptors (Lipinski definition) is 8. The first-order valence-electron chi connectivity index (χ1n) is 13.3. The van der Waals surface area contributed by atoms with Gasteiger partial charge in [0, 0.05) is 5.69 Å². The highest BCUT2D eigenvalue weighted by Crippen LogP contribution is 2.46. The molecule has 0 aliphatic carbocycles. The lowest BCUT2D eigenvalue weighted by Gasteiger charge is -2.48. The molecule has 42 heavy (non-hydrogen) atoms. The summed E-state index contributed by atoms with van der Waals surface area (Å²) in [7, 11) is 0. The molecule has 12 heteroatoms. The van der Waals surface area contributed by atoms with Gasteiger partial charge >= 0.3 is 5.97 Å². The topological polar surface area (TPSA) is 157 Å². The SMILES string of the molecule is O=C(O)[C@H]1OC(Oc2ccc([C@@H]3[C@@H](CC[C@H](O)c4ccc(F)cc4)C(=O)N3c3ccc(F)cc3)cc2)[C@H](O)[C@@H](O)[C@@H]1O. The smallest absolute Gasteiger partial charge is 0.335 e. The Hall–Kier alpha value is -3.94. The maximum atomic E-state index is 13.6. The number of nitrogens with zero attached hydrogens (tertiary/aromatic N) is 1. The summed E-state index contributed by atoms with van der Waals surface area (Å²) in [6.45, 7) is 0. The van der Waals surface area contributed by atoms with Crippen LogP contribution in [0.3, 0.4) is 0 Å². The number of hydrogen-bond donors (Lipinski definition) is 5. The zero-order valence-corrected chi connectivity index (χ0v) is 22.0. The van der Waals surface area contributed by atoms with E-state index in [0.29, 0.717) is 23.2 Å². The summed E-state index contributed by atoms with van der Waals surface area (Å²) in [4.78, 5) is 26.2. The quantitative estimate of drug-likeness (QED) is 0.238. The summed E-state index contributed by atoms with van der Waals surface area (Å²) in [6, 6.07) is 16.8. The summed E-state index contributed by atoms with van der Waals surface area (Å²) < 4.78 is 37.6. The molecule has 2 saturated heterocycles. The summed E-state index contributed by atoms with van der Waals surface area (Å²) >= 11 is 0. The van der Waals surface area contributed by atoms with Crippen LogP contribution in [0.1, 0.15) is 36.1 Å². The van der Waals surface area contributed by atoms with Gasteiger partial charge in [-0.15, -0.1) is 0 Å². The number of carboxylic acid groups (broad SMARTS) is 1. The second-order valence-electron chi connectivity index (χ2n) is 10.3. The lowest BCUT2D eigenvalue weighted by atomic mass is 9.78. The van der Waals surface area contributed by atoms with E-state index in [2.05, 4.69) is 0 Å². The van der Waals surface area contributed by atoms with Crippen molar-refractivity contribution in [3.63, 3.8) is 0 Å². The summed E-state index contributed by atoms with van der Waals surface area (Å²) in [5.74, 6) is -3.03. The Labute approximate surface area is 239 Å². The van der Waals surface area contributed by atoms with Gasteiger partial charge in [0.1, 0.15) is 35.7 Å². The Bertz CT molecular complexity index is 1400. The number of β-lactam (4-membered cyclic amide) rings is 1. The molecule has 0 aromatic heterocycles. The maximum Gasteiger partial charge on any atom is 0.335 e. The van der Waals surface area contributed by atoms with Gasteiger partial charge in [-0.25, -0.2) is 13.6 Å². The summed E-state index contributed by atoms with van der Waals surface area (Å²) in [5, 5.41) is 50.0. The first kappa shape index (κ1) is 29.5. The third-order valence-corrected chi connectivity index (χ3v) is 7.61. The van der Waals surface area contributed by atoms with E-state index in [1.807, 2.05) is 0 Å². The number of halogens is 2. The van der Waals surface area contributed by atoms with Crippen molar-refractivity contribution in [2.24, 2.45) is 5.92 Å². The number of aliphatic hydroxyl groups is 4. The largest absolute Gasteiger partial charge is 0.479 e. The second-order valence-corrected chi connectivity index (χ2v) is 10.3. The van der Waals surface area contributed by atoms with Gasteiger partial charge in [-0.05, 0) is 72.5 Å². The van der Waals surface area contributed by atoms with Crippen LogP contribution < -0.4 is 9.64 Å². The highest BCUT2D eigenvalue weighted by molar-refractivity contribution is 6.03. The van der Waals surface area contributed by atoms with Gasteiger partial charge in [0.05, 0.1) is 18.1 Å². The monoisotopic (exact) mass is 585 g/mol. The van der Waals surface area contributed by atoms with Gasteiger partial charge in [-0.1, -0.05) is 24.3 Å². The molecule has 10 nitrogen and oxygen atoms in total. The van der Waals surface area contributed by atoms with Crippen LogP contribution in [0.4, 0.5) is 14.5 Å². The number of carbonyl (C=O) groups excluding carboxylic acids is 1. The van der Waals surface area contributed by atoms with E-state index in [0.717, 1.165) is 0 Å². The van der Waals surface area contributed by atoms with Crippen molar-refractivity contribution in [3.05, 3.63) is 95.6 Å². The van der Waals surface area contributed by atoms with Crippen LogP contribution >= 0.6 is 0 Å². The Balaban J connectivity index is 1.34. The Morgan fingerprint density at radius 3 is 2.07 bits per heavy atom. The van der Waals surface area contributed by atoms with Crippen LogP contribution in [-0.2, 0) is 14.3 Å². The third kappa shape index (κ3) is 5.85. The standard InChI is InChI=1S/C30H29F2NO9/c31-17-5-1-15(2-6-17)22(34)14-13-21-23(33(28(21)38)19-9-7-18(32)8-10-19)16-3-11-20(12-4-16)41-30-26(37)24(35)25(36)27(42-30)29(39)40/h1-12,21-27,30,34-37H,13-14H2,(H,39,40)/t21-,22+,23-,24+,25+,26-,27+,30?/m1/s1. The van der Waals surface area contributed by atoms with Crippen molar-refractivity contribution in [2.75, 3.05) is 4.90 Å². The van der Waals surface area contributed by atoms with Crippen molar-refractivity contribution in [1.82, 2.24) is 0 Å². The minimum absolute atomic E-state index is 0.151. The molecule has 1 amide bonds. The molecule has 0 spiro atoms. The molecule has 2 aliphatic heterocycles. The minimum Gasteiger partial charge on any atom is -0.479 e. The lowest BCUT2D eigenvalue weighted by Crippen LogP contribution is -2.61. The van der Waals surface area contributed by atoms with Crippen molar-refractivity contribution in [2.45, 2.75) is 55.7 Å². The van der Waals surface area contributed by atoms with Crippen LogP contribution in [0.2, 0.25) is 0 Å². The van der Waals surface area contributed by atoms with Crippen LogP contribution in [0.15, 0.2) is 72.8 Å². The van der Waals surface area contributed by atoms with E-state index >= 15 is 0 Å². The van der Waals surface area contributed by atoms with Gasteiger partial charge in [0.25, 0.3) is 0 Å². The van der Waals surface area contributed by atoms with E-state index in [9.17, 15) is 43.9 Å². The number of ether oxygens (including phenoxy) is 2. The highest BCUT2D eigenvalue weighted by atomic mass is 19.1. The molecule has 2 aliphatic rings. The van der Waals surface area contributed by atoms with Crippen LogP contribution in [0, 0.1) is 17.6 Å². The number of benzene rings is 3. The van der Waals surface area contributed by atoms with Gasteiger partial charge in [-0.3, -0.25) is 4.79 Å². The molecule has 0 radical (unpaired) electrons. The number of amides is 1. The number of aliphatic hydroxyl groups excluding tert-OH is 4. The molecule has 5 rings (SSSR count). The zero-order valence-electron chi connectivity index (χ0n) is 22.0. The Kier molecular flexibility index (Phi) is 8.53. The molecule has 2 fully saturated rings.